The molecule has 0 fully saturated rings. The molecule has 35 heavy (non-hydrogen) atoms. The van der Waals surface area contributed by atoms with Gasteiger partial charge in [-0.25, -0.2) is 4.39 Å². The first-order chi connectivity index (χ1) is 16.9. The lowest BCUT2D eigenvalue weighted by Crippen LogP contribution is -2.15. The van der Waals surface area contributed by atoms with E-state index >= 15 is 0 Å². The van der Waals surface area contributed by atoms with Gasteiger partial charge in [0.2, 0.25) is 5.16 Å². The minimum atomic E-state index is -0.610. The van der Waals surface area contributed by atoms with Crippen molar-refractivity contribution >= 4 is 70.0 Å². The first-order valence-corrected chi connectivity index (χ1v) is 12.4. The van der Waals surface area contributed by atoms with E-state index in [0.29, 0.717) is 43.0 Å². The fraction of sp³-hybridized carbons (Fsp3) is 0.0417. The molecule has 0 saturated heterocycles. The van der Waals surface area contributed by atoms with Crippen LogP contribution in [-0.2, 0) is 6.61 Å². The van der Waals surface area contributed by atoms with Crippen molar-refractivity contribution in [2.75, 3.05) is 0 Å². The number of hydrogen-bond donors (Lipinski definition) is 0. The number of thioether (sulfide) groups is 1. The number of benzene rings is 3. The number of rotatable bonds is 5. The average Bonchev–Trinajstić information content (AvgIpc) is 3.23. The van der Waals surface area contributed by atoms with Crippen molar-refractivity contribution in [3.05, 3.63) is 108 Å². The normalized spacial score (nSPS) is 14.1. The minimum Gasteiger partial charge on any atom is -0.484 e. The van der Waals surface area contributed by atoms with Crippen LogP contribution in [0.25, 0.3) is 6.08 Å². The molecule has 1 aliphatic rings. The van der Waals surface area contributed by atoms with Crippen LogP contribution in [0.1, 0.15) is 17.0 Å². The predicted octanol–water partition coefficient (Wildman–Crippen LogP) is 8.01. The quantitative estimate of drug-likeness (QED) is 0.230. The maximum absolute atomic E-state index is 14.4. The lowest BCUT2D eigenvalue weighted by molar-refractivity contribution is 0.290. The Morgan fingerprint density at radius 1 is 0.914 bits per heavy atom. The third kappa shape index (κ3) is 5.20. The summed E-state index contributed by atoms with van der Waals surface area (Å²) in [5.41, 5.74) is 1.67. The standard InChI is InChI=1S/C24H13Cl4FN4OS/c25-14-7-5-13(6-8-14)9-21-23(15-10-19(29)18(28)11-17(15)27)32-33-22(30-31-24(33)35-21)12-34-20-4-2-1-3-16(20)26/h1-11H,12H2. The van der Waals surface area contributed by atoms with Gasteiger partial charge < -0.3 is 4.74 Å². The second-order valence-electron chi connectivity index (χ2n) is 7.29. The monoisotopic (exact) mass is 564 g/mol. The molecule has 5 nitrogen and oxygen atoms in total. The van der Waals surface area contributed by atoms with E-state index in [1.54, 1.807) is 28.9 Å². The summed E-state index contributed by atoms with van der Waals surface area (Å²) in [5, 5.41) is 15.0. The second-order valence-corrected chi connectivity index (χ2v) is 9.95. The highest BCUT2D eigenvalue weighted by Gasteiger charge is 2.26. The van der Waals surface area contributed by atoms with E-state index in [0.717, 1.165) is 5.56 Å². The number of aromatic nitrogens is 3. The summed E-state index contributed by atoms with van der Waals surface area (Å²) in [6, 6.07) is 17.0. The number of allylic oxidation sites excluding steroid dienone is 1. The Labute approximate surface area is 224 Å². The molecule has 0 atom stereocenters. The molecule has 0 radical (unpaired) electrons. The van der Waals surface area contributed by atoms with Crippen molar-refractivity contribution in [2.24, 2.45) is 5.10 Å². The molecule has 0 amide bonds. The van der Waals surface area contributed by atoms with E-state index in [-0.39, 0.29) is 16.7 Å². The molecule has 0 aliphatic carbocycles. The summed E-state index contributed by atoms with van der Waals surface area (Å²) in [5.74, 6) is 0.327. The molecule has 2 heterocycles. The number of para-hydroxylation sites is 1. The molecule has 0 bridgehead atoms. The van der Waals surface area contributed by atoms with E-state index in [1.807, 2.05) is 30.3 Å². The summed E-state index contributed by atoms with van der Waals surface area (Å²) >= 11 is 25.9. The van der Waals surface area contributed by atoms with Crippen LogP contribution in [0, 0.1) is 5.82 Å². The molecule has 4 aromatic rings. The topological polar surface area (TPSA) is 52.3 Å². The molecule has 0 N–H and O–H groups in total. The van der Waals surface area contributed by atoms with Crippen LogP contribution < -0.4 is 4.74 Å². The van der Waals surface area contributed by atoms with Crippen LogP contribution in [-0.4, -0.2) is 20.6 Å². The average molecular weight is 566 g/mol. The number of nitrogens with zero attached hydrogens (tertiary/aromatic N) is 4. The molecular weight excluding hydrogens is 553 g/mol. The third-order valence-corrected chi connectivity index (χ3v) is 7.07. The zero-order valence-electron chi connectivity index (χ0n) is 17.6. The summed E-state index contributed by atoms with van der Waals surface area (Å²) in [6.45, 7) is 0.0625. The molecule has 176 valence electrons. The van der Waals surface area contributed by atoms with Crippen molar-refractivity contribution < 1.29 is 9.13 Å². The van der Waals surface area contributed by atoms with E-state index < -0.39 is 5.82 Å². The maximum Gasteiger partial charge on any atom is 0.217 e. The summed E-state index contributed by atoms with van der Waals surface area (Å²) < 4.78 is 21.8. The fourth-order valence-electron chi connectivity index (χ4n) is 3.25. The van der Waals surface area contributed by atoms with Crippen molar-refractivity contribution in [1.82, 2.24) is 14.9 Å². The number of halogens is 5. The van der Waals surface area contributed by atoms with Gasteiger partial charge >= 0.3 is 0 Å². The maximum atomic E-state index is 14.4. The summed E-state index contributed by atoms with van der Waals surface area (Å²) in [6.07, 6.45) is 1.89. The van der Waals surface area contributed by atoms with Crippen molar-refractivity contribution in [1.29, 1.82) is 0 Å². The molecule has 1 aromatic heterocycles. The van der Waals surface area contributed by atoms with Crippen molar-refractivity contribution in [3.63, 3.8) is 0 Å². The zero-order chi connectivity index (χ0) is 24.5. The lowest BCUT2D eigenvalue weighted by atomic mass is 10.1. The lowest BCUT2D eigenvalue weighted by Gasteiger charge is -2.18. The van der Waals surface area contributed by atoms with E-state index in [4.69, 9.17) is 56.2 Å². The van der Waals surface area contributed by atoms with Gasteiger partial charge in [-0.05, 0) is 59.8 Å². The van der Waals surface area contributed by atoms with Gasteiger partial charge in [0.15, 0.2) is 5.82 Å². The Hall–Kier alpha value is -2.55. The van der Waals surface area contributed by atoms with Crippen LogP contribution in [0.5, 0.6) is 5.75 Å². The highest BCUT2D eigenvalue weighted by atomic mass is 35.5. The Morgan fingerprint density at radius 3 is 2.46 bits per heavy atom. The molecule has 1 aliphatic heterocycles. The van der Waals surface area contributed by atoms with Gasteiger partial charge in [0.25, 0.3) is 0 Å². The highest BCUT2D eigenvalue weighted by molar-refractivity contribution is 8.04. The molecule has 5 rings (SSSR count). The van der Waals surface area contributed by atoms with Crippen LogP contribution in [0.15, 0.2) is 75.8 Å². The van der Waals surface area contributed by atoms with E-state index in [9.17, 15) is 4.39 Å². The smallest absolute Gasteiger partial charge is 0.217 e. The molecule has 0 saturated carbocycles. The first kappa shape index (κ1) is 24.2. The summed E-state index contributed by atoms with van der Waals surface area (Å²) in [4.78, 5) is 0.689. The van der Waals surface area contributed by atoms with Gasteiger partial charge in [-0.15, -0.1) is 10.2 Å². The van der Waals surface area contributed by atoms with Gasteiger partial charge in [0.1, 0.15) is 23.9 Å². The highest BCUT2D eigenvalue weighted by Crippen LogP contribution is 2.38. The van der Waals surface area contributed by atoms with E-state index in [1.165, 1.54) is 23.9 Å². The van der Waals surface area contributed by atoms with Gasteiger partial charge in [0, 0.05) is 15.5 Å². The summed E-state index contributed by atoms with van der Waals surface area (Å²) in [7, 11) is 0. The molecular formula is C24H13Cl4FN4OS. The van der Waals surface area contributed by atoms with Crippen LogP contribution >= 0.6 is 58.2 Å². The second kappa shape index (κ2) is 10.2. The number of hydrogen-bond acceptors (Lipinski definition) is 5. The van der Waals surface area contributed by atoms with Crippen molar-refractivity contribution in [3.8, 4) is 5.75 Å². The minimum absolute atomic E-state index is 0.0625. The Balaban J connectivity index is 1.58. The Bertz CT molecular complexity index is 1490. The van der Waals surface area contributed by atoms with Gasteiger partial charge in [-0.2, -0.15) is 9.78 Å². The van der Waals surface area contributed by atoms with Gasteiger partial charge in [0.05, 0.1) is 15.1 Å². The zero-order valence-corrected chi connectivity index (χ0v) is 21.4. The molecule has 0 unspecified atom stereocenters. The Morgan fingerprint density at radius 2 is 1.69 bits per heavy atom. The van der Waals surface area contributed by atoms with Crippen molar-refractivity contribution in [2.45, 2.75) is 11.8 Å². The van der Waals surface area contributed by atoms with Crippen LogP contribution in [0.3, 0.4) is 0 Å². The Kier molecular flexibility index (Phi) is 7.05. The largest absolute Gasteiger partial charge is 0.484 e. The van der Waals surface area contributed by atoms with E-state index in [2.05, 4.69) is 10.2 Å². The predicted molar refractivity (Wildman–Crippen MR) is 139 cm³/mol. The number of fused-ring (bicyclic) bond motifs is 1. The van der Waals surface area contributed by atoms with Gasteiger partial charge in [-0.3, -0.25) is 0 Å². The van der Waals surface area contributed by atoms with Crippen LogP contribution in [0.4, 0.5) is 4.39 Å². The third-order valence-electron chi connectivity index (χ3n) is 4.94. The molecule has 11 heteroatoms. The first-order valence-electron chi connectivity index (χ1n) is 10.1. The fourth-order valence-corrected chi connectivity index (χ4v) is 4.99. The van der Waals surface area contributed by atoms with Gasteiger partial charge in [-0.1, -0.05) is 70.7 Å². The molecule has 0 spiro atoms. The van der Waals surface area contributed by atoms with Crippen LogP contribution in [0.2, 0.25) is 20.1 Å². The number of ether oxygens (including phenoxy) is 1. The SMILES string of the molecule is Fc1cc(C2=Nn3c(COc4ccccc4Cl)nnc3SC2=Cc2ccc(Cl)cc2)c(Cl)cc1Cl. The molecule has 3 aromatic carbocycles.